The Morgan fingerprint density at radius 2 is 1.55 bits per heavy atom. The average molecular weight is 301 g/mol. The van der Waals surface area contributed by atoms with E-state index in [0.717, 1.165) is 50.3 Å². The summed E-state index contributed by atoms with van der Waals surface area (Å²) >= 11 is 0. The molecule has 0 saturated carbocycles. The van der Waals surface area contributed by atoms with Gasteiger partial charge in [0, 0.05) is 18.8 Å². The van der Waals surface area contributed by atoms with Crippen LogP contribution in [0.25, 0.3) is 0 Å². The molecule has 0 aromatic heterocycles. The van der Waals surface area contributed by atoms with Crippen LogP contribution in [-0.4, -0.2) is 26.2 Å². The van der Waals surface area contributed by atoms with E-state index in [1.165, 1.54) is 11.6 Å². The van der Waals surface area contributed by atoms with Gasteiger partial charge in [-0.15, -0.1) is 0 Å². The molecule has 0 fully saturated rings. The van der Waals surface area contributed by atoms with E-state index in [-0.39, 0.29) is 5.82 Å². The number of hydrogen-bond donors (Lipinski definition) is 3. The van der Waals surface area contributed by atoms with Gasteiger partial charge in [-0.25, -0.2) is 4.39 Å². The van der Waals surface area contributed by atoms with Crippen LogP contribution in [0.5, 0.6) is 0 Å². The molecule has 0 radical (unpaired) electrons. The molecule has 0 aliphatic rings. The predicted octanol–water partition coefficient (Wildman–Crippen LogP) is 2.37. The van der Waals surface area contributed by atoms with Crippen LogP contribution in [0.15, 0.2) is 48.5 Å². The topological polar surface area (TPSA) is 50.1 Å². The number of hydrogen-bond acceptors (Lipinski definition) is 3. The summed E-state index contributed by atoms with van der Waals surface area (Å²) in [6.45, 7) is 3.59. The van der Waals surface area contributed by atoms with Crippen LogP contribution in [0.3, 0.4) is 0 Å². The number of nitrogens with one attached hydrogen (secondary N) is 2. The summed E-state index contributed by atoms with van der Waals surface area (Å²) in [5, 5.41) is 6.74. The third-order valence-electron chi connectivity index (χ3n) is 3.58. The first-order valence-corrected chi connectivity index (χ1v) is 7.75. The second-order valence-corrected chi connectivity index (χ2v) is 5.33. The van der Waals surface area contributed by atoms with E-state index in [1.54, 1.807) is 12.1 Å². The number of anilines is 1. The van der Waals surface area contributed by atoms with E-state index in [2.05, 4.69) is 16.7 Å². The van der Waals surface area contributed by atoms with Crippen molar-refractivity contribution in [2.75, 3.05) is 31.9 Å². The lowest BCUT2D eigenvalue weighted by Crippen LogP contribution is -2.29. The molecule has 0 unspecified atom stereocenters. The number of nitrogen functional groups attached to an aromatic ring is 1. The summed E-state index contributed by atoms with van der Waals surface area (Å²) in [6.07, 6.45) is 1.79. The molecule has 0 heterocycles. The molecule has 3 nitrogen and oxygen atoms in total. The fraction of sp³-hybridized carbons (Fsp3) is 0.333. The summed E-state index contributed by atoms with van der Waals surface area (Å²) in [5.41, 5.74) is 8.98. The van der Waals surface area contributed by atoms with Gasteiger partial charge in [-0.2, -0.15) is 0 Å². The standard InChI is InChI=1S/C18H24FN3/c19-17-6-3-4-15(14-17)8-10-21-12-13-22-11-9-16-5-1-2-7-18(16)20/h1-7,14,21-22H,8-13,20H2. The van der Waals surface area contributed by atoms with Gasteiger partial charge in [0.15, 0.2) is 0 Å². The Morgan fingerprint density at radius 1 is 0.818 bits per heavy atom. The van der Waals surface area contributed by atoms with Crippen LogP contribution in [0.1, 0.15) is 11.1 Å². The van der Waals surface area contributed by atoms with Gasteiger partial charge in [-0.1, -0.05) is 30.3 Å². The molecular weight excluding hydrogens is 277 g/mol. The zero-order valence-corrected chi connectivity index (χ0v) is 12.8. The van der Waals surface area contributed by atoms with Crippen LogP contribution >= 0.6 is 0 Å². The van der Waals surface area contributed by atoms with Crippen LogP contribution in [0.4, 0.5) is 10.1 Å². The average Bonchev–Trinajstić information content (AvgIpc) is 2.51. The highest BCUT2D eigenvalue weighted by molar-refractivity contribution is 5.46. The van der Waals surface area contributed by atoms with Gasteiger partial charge in [0.05, 0.1) is 0 Å². The second-order valence-electron chi connectivity index (χ2n) is 5.33. The smallest absolute Gasteiger partial charge is 0.123 e. The minimum atomic E-state index is -0.167. The Hall–Kier alpha value is -1.91. The Morgan fingerprint density at radius 3 is 2.27 bits per heavy atom. The molecule has 0 aliphatic carbocycles. The molecule has 4 N–H and O–H groups in total. The maximum atomic E-state index is 13.0. The summed E-state index contributed by atoms with van der Waals surface area (Å²) in [6, 6.07) is 14.7. The molecule has 0 amide bonds. The molecule has 0 aliphatic heterocycles. The van der Waals surface area contributed by atoms with Crippen molar-refractivity contribution in [1.29, 1.82) is 0 Å². The number of benzene rings is 2. The molecule has 0 spiro atoms. The van der Waals surface area contributed by atoms with Crippen LogP contribution in [0, 0.1) is 5.82 Å². The lowest BCUT2D eigenvalue weighted by molar-refractivity contribution is 0.606. The quantitative estimate of drug-likeness (QED) is 0.492. The van der Waals surface area contributed by atoms with Gasteiger partial charge >= 0.3 is 0 Å². The number of para-hydroxylation sites is 1. The highest BCUT2D eigenvalue weighted by Gasteiger charge is 1.97. The van der Waals surface area contributed by atoms with Gasteiger partial charge < -0.3 is 16.4 Å². The molecule has 0 bridgehead atoms. The first-order valence-electron chi connectivity index (χ1n) is 7.75. The Balaban J connectivity index is 1.50. The highest BCUT2D eigenvalue weighted by atomic mass is 19.1. The van der Waals surface area contributed by atoms with E-state index in [4.69, 9.17) is 5.73 Å². The molecule has 4 heteroatoms. The van der Waals surface area contributed by atoms with Gasteiger partial charge in [-0.05, 0) is 55.3 Å². The fourth-order valence-corrected chi connectivity index (χ4v) is 2.34. The highest BCUT2D eigenvalue weighted by Crippen LogP contribution is 2.10. The van der Waals surface area contributed by atoms with Crippen molar-refractivity contribution < 1.29 is 4.39 Å². The van der Waals surface area contributed by atoms with Crippen molar-refractivity contribution in [1.82, 2.24) is 10.6 Å². The summed E-state index contributed by atoms with van der Waals surface area (Å²) in [5.74, 6) is -0.167. The molecule has 2 rings (SSSR count). The maximum Gasteiger partial charge on any atom is 0.123 e. The molecule has 118 valence electrons. The van der Waals surface area contributed by atoms with Crippen molar-refractivity contribution in [3.05, 3.63) is 65.5 Å². The van der Waals surface area contributed by atoms with E-state index in [0.29, 0.717) is 0 Å². The molecule has 2 aromatic carbocycles. The zero-order chi connectivity index (χ0) is 15.6. The molecule has 0 saturated heterocycles. The summed E-state index contributed by atoms with van der Waals surface area (Å²) in [7, 11) is 0. The van der Waals surface area contributed by atoms with Crippen LogP contribution in [0.2, 0.25) is 0 Å². The van der Waals surface area contributed by atoms with Crippen molar-refractivity contribution in [3.8, 4) is 0 Å². The van der Waals surface area contributed by atoms with Gasteiger partial charge in [0.25, 0.3) is 0 Å². The SMILES string of the molecule is Nc1ccccc1CCNCCNCCc1cccc(F)c1. The van der Waals surface area contributed by atoms with Crippen LogP contribution in [-0.2, 0) is 12.8 Å². The van der Waals surface area contributed by atoms with Crippen LogP contribution < -0.4 is 16.4 Å². The first kappa shape index (κ1) is 16.5. The Bertz CT molecular complexity index is 572. The molecule has 0 atom stereocenters. The number of rotatable bonds is 9. The maximum absolute atomic E-state index is 13.0. The largest absolute Gasteiger partial charge is 0.399 e. The minimum Gasteiger partial charge on any atom is -0.399 e. The van der Waals surface area contributed by atoms with Gasteiger partial charge in [0.1, 0.15) is 5.82 Å². The predicted molar refractivity (Wildman–Crippen MR) is 90.4 cm³/mol. The molecular formula is C18H24FN3. The zero-order valence-electron chi connectivity index (χ0n) is 12.8. The number of halogens is 1. The Kier molecular flexibility index (Phi) is 6.87. The normalized spacial score (nSPS) is 10.8. The van der Waals surface area contributed by atoms with Crippen molar-refractivity contribution in [3.63, 3.8) is 0 Å². The van der Waals surface area contributed by atoms with E-state index in [1.807, 2.05) is 24.3 Å². The third-order valence-corrected chi connectivity index (χ3v) is 3.58. The third kappa shape index (κ3) is 5.84. The lowest BCUT2D eigenvalue weighted by atomic mass is 10.1. The fourth-order valence-electron chi connectivity index (χ4n) is 2.34. The van der Waals surface area contributed by atoms with Crippen molar-refractivity contribution in [2.45, 2.75) is 12.8 Å². The van der Waals surface area contributed by atoms with Crippen molar-refractivity contribution in [2.24, 2.45) is 0 Å². The second kappa shape index (κ2) is 9.18. The molecule has 2 aromatic rings. The molecule has 22 heavy (non-hydrogen) atoms. The van der Waals surface area contributed by atoms with E-state index in [9.17, 15) is 4.39 Å². The van der Waals surface area contributed by atoms with E-state index >= 15 is 0 Å². The Labute approximate surface area is 131 Å². The monoisotopic (exact) mass is 301 g/mol. The summed E-state index contributed by atoms with van der Waals surface area (Å²) < 4.78 is 13.0. The van der Waals surface area contributed by atoms with Gasteiger partial charge in [-0.3, -0.25) is 0 Å². The lowest BCUT2D eigenvalue weighted by Gasteiger charge is -2.08. The minimum absolute atomic E-state index is 0.167. The first-order chi connectivity index (χ1) is 10.8. The van der Waals surface area contributed by atoms with E-state index < -0.39 is 0 Å². The summed E-state index contributed by atoms with van der Waals surface area (Å²) in [4.78, 5) is 0. The van der Waals surface area contributed by atoms with Gasteiger partial charge in [0.2, 0.25) is 0 Å². The van der Waals surface area contributed by atoms with Crippen molar-refractivity contribution >= 4 is 5.69 Å². The number of nitrogens with two attached hydrogens (primary N) is 1.